The van der Waals surface area contributed by atoms with E-state index in [2.05, 4.69) is 30.0 Å². The van der Waals surface area contributed by atoms with Crippen molar-refractivity contribution in [1.82, 2.24) is 10.2 Å². The fraction of sp³-hybridized carbons (Fsp3) is 0.800. The van der Waals surface area contributed by atoms with Crippen molar-refractivity contribution in [2.24, 2.45) is 0 Å². The van der Waals surface area contributed by atoms with Gasteiger partial charge in [-0.1, -0.05) is 12.8 Å². The largest absolute Gasteiger partial charge is 0.318 e. The van der Waals surface area contributed by atoms with Gasteiger partial charge in [0, 0.05) is 12.6 Å². The minimum Gasteiger partial charge on any atom is -0.318 e. The standard InChI is InChI=1S/C10H20N2/c1-5-7-12(8-6-2)10(3)9-11-4/h1,10-11H,6-9H2,2-4H3. The number of hydrogen-bond donors (Lipinski definition) is 1. The van der Waals surface area contributed by atoms with Crippen LogP contribution in [-0.4, -0.2) is 37.6 Å². The zero-order valence-electron chi connectivity index (χ0n) is 8.43. The minimum absolute atomic E-state index is 0.533. The summed E-state index contributed by atoms with van der Waals surface area (Å²) in [5.74, 6) is 2.69. The first kappa shape index (κ1) is 11.5. The third kappa shape index (κ3) is 4.38. The highest BCUT2D eigenvalue weighted by Crippen LogP contribution is 1.98. The van der Waals surface area contributed by atoms with Crippen LogP contribution < -0.4 is 5.32 Å². The SMILES string of the molecule is C#CCN(CCC)C(C)CNC. The molecule has 70 valence electrons. The third-order valence-electron chi connectivity index (χ3n) is 1.93. The van der Waals surface area contributed by atoms with Gasteiger partial charge in [0.2, 0.25) is 0 Å². The van der Waals surface area contributed by atoms with E-state index in [0.29, 0.717) is 6.04 Å². The van der Waals surface area contributed by atoms with Crippen LogP contribution in [-0.2, 0) is 0 Å². The van der Waals surface area contributed by atoms with E-state index >= 15 is 0 Å². The molecule has 0 amide bonds. The fourth-order valence-electron chi connectivity index (χ4n) is 1.28. The monoisotopic (exact) mass is 168 g/mol. The van der Waals surface area contributed by atoms with Gasteiger partial charge in [-0.15, -0.1) is 6.42 Å². The highest BCUT2D eigenvalue weighted by molar-refractivity contribution is 4.89. The van der Waals surface area contributed by atoms with Gasteiger partial charge in [0.1, 0.15) is 0 Å². The lowest BCUT2D eigenvalue weighted by Crippen LogP contribution is -2.40. The predicted molar refractivity (Wildman–Crippen MR) is 54.1 cm³/mol. The number of nitrogens with zero attached hydrogens (tertiary/aromatic N) is 1. The van der Waals surface area contributed by atoms with Gasteiger partial charge in [-0.3, -0.25) is 4.90 Å². The second-order valence-electron chi connectivity index (χ2n) is 3.08. The Morgan fingerprint density at radius 1 is 1.58 bits per heavy atom. The Kier molecular flexibility index (Phi) is 6.84. The van der Waals surface area contributed by atoms with E-state index in [0.717, 1.165) is 26.1 Å². The van der Waals surface area contributed by atoms with Crippen LogP contribution in [0, 0.1) is 12.3 Å². The molecule has 12 heavy (non-hydrogen) atoms. The third-order valence-corrected chi connectivity index (χ3v) is 1.93. The van der Waals surface area contributed by atoms with E-state index in [1.165, 1.54) is 0 Å². The molecule has 0 rings (SSSR count). The summed E-state index contributed by atoms with van der Waals surface area (Å²) in [7, 11) is 1.97. The molecule has 1 atom stereocenters. The lowest BCUT2D eigenvalue weighted by Gasteiger charge is -2.26. The summed E-state index contributed by atoms with van der Waals surface area (Å²) in [6, 6.07) is 0.533. The second kappa shape index (κ2) is 7.15. The Bertz CT molecular complexity index is 137. The Morgan fingerprint density at radius 2 is 2.25 bits per heavy atom. The molecule has 0 bridgehead atoms. The summed E-state index contributed by atoms with van der Waals surface area (Å²) >= 11 is 0. The average Bonchev–Trinajstić information content (AvgIpc) is 2.04. The first-order valence-electron chi connectivity index (χ1n) is 4.58. The van der Waals surface area contributed by atoms with Crippen LogP contribution in [0.15, 0.2) is 0 Å². The van der Waals surface area contributed by atoms with E-state index in [-0.39, 0.29) is 0 Å². The van der Waals surface area contributed by atoms with Crippen molar-refractivity contribution in [2.75, 3.05) is 26.7 Å². The van der Waals surface area contributed by atoms with Gasteiger partial charge in [0.25, 0.3) is 0 Å². The average molecular weight is 168 g/mol. The normalized spacial score (nSPS) is 12.9. The quantitative estimate of drug-likeness (QED) is 0.594. The molecular formula is C10H20N2. The summed E-state index contributed by atoms with van der Waals surface area (Å²) in [5, 5.41) is 3.15. The van der Waals surface area contributed by atoms with Crippen LogP contribution in [0.25, 0.3) is 0 Å². The molecule has 0 aromatic rings. The maximum Gasteiger partial charge on any atom is 0.0601 e. The first-order chi connectivity index (χ1) is 5.76. The van der Waals surface area contributed by atoms with E-state index in [1.807, 2.05) is 7.05 Å². The summed E-state index contributed by atoms with van der Waals surface area (Å²) in [6.07, 6.45) is 6.44. The van der Waals surface area contributed by atoms with Crippen LogP contribution >= 0.6 is 0 Å². The van der Waals surface area contributed by atoms with Crippen molar-refractivity contribution >= 4 is 0 Å². The molecule has 0 aromatic carbocycles. The number of terminal acetylenes is 1. The number of likely N-dealkylation sites (N-methyl/N-ethyl adjacent to an activating group) is 1. The lowest BCUT2D eigenvalue weighted by atomic mass is 10.2. The van der Waals surface area contributed by atoms with Gasteiger partial charge in [-0.2, -0.15) is 0 Å². The minimum atomic E-state index is 0.533. The number of nitrogens with one attached hydrogen (secondary N) is 1. The van der Waals surface area contributed by atoms with Crippen LogP contribution in [0.1, 0.15) is 20.3 Å². The van der Waals surface area contributed by atoms with Gasteiger partial charge in [-0.05, 0) is 26.9 Å². The highest BCUT2D eigenvalue weighted by atomic mass is 15.2. The molecule has 0 heterocycles. The van der Waals surface area contributed by atoms with E-state index in [4.69, 9.17) is 6.42 Å². The van der Waals surface area contributed by atoms with Gasteiger partial charge in [-0.25, -0.2) is 0 Å². The van der Waals surface area contributed by atoms with Crippen molar-refractivity contribution in [3.05, 3.63) is 0 Å². The molecule has 0 fully saturated rings. The van der Waals surface area contributed by atoms with E-state index < -0.39 is 0 Å². The van der Waals surface area contributed by atoms with Crippen LogP contribution in [0.5, 0.6) is 0 Å². The van der Waals surface area contributed by atoms with Crippen LogP contribution in [0.3, 0.4) is 0 Å². The maximum absolute atomic E-state index is 5.28. The molecule has 0 aliphatic rings. The van der Waals surface area contributed by atoms with Crippen molar-refractivity contribution in [3.63, 3.8) is 0 Å². The first-order valence-corrected chi connectivity index (χ1v) is 4.58. The van der Waals surface area contributed by atoms with Crippen molar-refractivity contribution < 1.29 is 0 Å². The zero-order chi connectivity index (χ0) is 9.40. The predicted octanol–water partition coefficient (Wildman–Crippen LogP) is 0.940. The molecular weight excluding hydrogens is 148 g/mol. The molecule has 2 heteroatoms. The van der Waals surface area contributed by atoms with E-state index in [1.54, 1.807) is 0 Å². The molecule has 0 aliphatic heterocycles. The summed E-state index contributed by atoms with van der Waals surface area (Å²) < 4.78 is 0. The molecule has 0 aliphatic carbocycles. The van der Waals surface area contributed by atoms with Crippen LogP contribution in [0.2, 0.25) is 0 Å². The molecule has 2 nitrogen and oxygen atoms in total. The Labute approximate surface area is 76.3 Å². The molecule has 0 saturated heterocycles. The van der Waals surface area contributed by atoms with Crippen molar-refractivity contribution in [2.45, 2.75) is 26.3 Å². The van der Waals surface area contributed by atoms with Crippen molar-refractivity contribution in [1.29, 1.82) is 0 Å². The zero-order valence-corrected chi connectivity index (χ0v) is 8.43. The summed E-state index contributed by atoms with van der Waals surface area (Å²) in [6.45, 7) is 7.23. The maximum atomic E-state index is 5.28. The van der Waals surface area contributed by atoms with Gasteiger partial charge < -0.3 is 5.32 Å². The van der Waals surface area contributed by atoms with Gasteiger partial charge >= 0.3 is 0 Å². The van der Waals surface area contributed by atoms with E-state index in [9.17, 15) is 0 Å². The molecule has 0 spiro atoms. The Hall–Kier alpha value is -0.520. The summed E-state index contributed by atoms with van der Waals surface area (Å²) in [4.78, 5) is 2.32. The molecule has 0 saturated carbocycles. The lowest BCUT2D eigenvalue weighted by molar-refractivity contribution is 0.232. The van der Waals surface area contributed by atoms with Crippen molar-refractivity contribution in [3.8, 4) is 12.3 Å². The Morgan fingerprint density at radius 3 is 2.67 bits per heavy atom. The van der Waals surface area contributed by atoms with Crippen LogP contribution in [0.4, 0.5) is 0 Å². The molecule has 1 unspecified atom stereocenters. The van der Waals surface area contributed by atoms with Gasteiger partial charge in [0.05, 0.1) is 6.54 Å². The molecule has 1 N–H and O–H groups in total. The highest BCUT2D eigenvalue weighted by Gasteiger charge is 2.09. The van der Waals surface area contributed by atoms with Gasteiger partial charge in [0.15, 0.2) is 0 Å². The second-order valence-corrected chi connectivity index (χ2v) is 3.08. The summed E-state index contributed by atoms with van der Waals surface area (Å²) in [5.41, 5.74) is 0. The fourth-order valence-corrected chi connectivity index (χ4v) is 1.28. The number of hydrogen-bond acceptors (Lipinski definition) is 2. The Balaban J connectivity index is 3.82. The molecule has 0 aromatic heterocycles. The molecule has 0 radical (unpaired) electrons. The topological polar surface area (TPSA) is 15.3 Å². The smallest absolute Gasteiger partial charge is 0.0601 e. The number of rotatable bonds is 6.